The number of methoxy groups -OCH3 is 1. The van der Waals surface area contributed by atoms with E-state index in [9.17, 15) is 4.79 Å². The second-order valence-electron chi connectivity index (χ2n) is 6.53. The zero-order chi connectivity index (χ0) is 16.5. The minimum Gasteiger partial charge on any atom is -0.464 e. The van der Waals surface area contributed by atoms with Gasteiger partial charge < -0.3 is 4.74 Å². The molecule has 0 aromatic carbocycles. The van der Waals surface area contributed by atoms with Crippen molar-refractivity contribution >= 4 is 17.3 Å². The van der Waals surface area contributed by atoms with Gasteiger partial charge in [0, 0.05) is 30.9 Å². The predicted octanol–water partition coefficient (Wildman–Crippen LogP) is 2.24. The normalized spacial score (nSPS) is 19.5. The highest BCUT2D eigenvalue weighted by Gasteiger charge is 2.27. The van der Waals surface area contributed by atoms with Gasteiger partial charge in [-0.15, -0.1) is 16.4 Å². The van der Waals surface area contributed by atoms with Crippen LogP contribution in [0.15, 0.2) is 11.6 Å². The maximum absolute atomic E-state index is 11.5. The molecule has 24 heavy (non-hydrogen) atoms. The van der Waals surface area contributed by atoms with Crippen LogP contribution in [0.2, 0.25) is 0 Å². The number of likely N-dealkylation sites (tertiary alicyclic amines) is 1. The lowest BCUT2D eigenvalue weighted by Crippen LogP contribution is -2.34. The van der Waals surface area contributed by atoms with E-state index in [0.29, 0.717) is 6.04 Å². The third-order valence-electron chi connectivity index (χ3n) is 4.72. The summed E-state index contributed by atoms with van der Waals surface area (Å²) in [6.07, 6.45) is 6.31. The molecule has 128 valence electrons. The molecule has 0 unspecified atom stereocenters. The van der Waals surface area contributed by atoms with Crippen LogP contribution in [0.1, 0.15) is 58.8 Å². The van der Waals surface area contributed by atoms with Crippen molar-refractivity contribution < 1.29 is 9.53 Å². The third kappa shape index (κ3) is 3.34. The van der Waals surface area contributed by atoms with Crippen molar-refractivity contribution in [1.82, 2.24) is 24.9 Å². The SMILES string of the molecule is COC(=O)c1cn(C2CCN(Cc3csc(C4CC4)n3)CC2)nn1. The van der Waals surface area contributed by atoms with Gasteiger partial charge in [0.2, 0.25) is 0 Å². The lowest BCUT2D eigenvalue weighted by Gasteiger charge is -2.31. The smallest absolute Gasteiger partial charge is 0.360 e. The molecule has 7 nitrogen and oxygen atoms in total. The summed E-state index contributed by atoms with van der Waals surface area (Å²) < 4.78 is 6.48. The van der Waals surface area contributed by atoms with Crippen LogP contribution in [0.5, 0.6) is 0 Å². The minimum absolute atomic E-state index is 0.273. The molecule has 0 amide bonds. The first kappa shape index (κ1) is 15.7. The van der Waals surface area contributed by atoms with Crippen LogP contribution in [-0.2, 0) is 11.3 Å². The van der Waals surface area contributed by atoms with Gasteiger partial charge in [-0.1, -0.05) is 5.21 Å². The van der Waals surface area contributed by atoms with E-state index in [1.165, 1.54) is 30.7 Å². The van der Waals surface area contributed by atoms with Crippen molar-refractivity contribution in [3.63, 3.8) is 0 Å². The van der Waals surface area contributed by atoms with Gasteiger partial charge in [-0.2, -0.15) is 0 Å². The molecule has 1 aliphatic heterocycles. The molecule has 1 saturated carbocycles. The van der Waals surface area contributed by atoms with Crippen LogP contribution in [0.25, 0.3) is 0 Å². The van der Waals surface area contributed by atoms with Gasteiger partial charge >= 0.3 is 5.97 Å². The zero-order valence-corrected chi connectivity index (χ0v) is 14.5. The van der Waals surface area contributed by atoms with Crippen LogP contribution < -0.4 is 0 Å². The van der Waals surface area contributed by atoms with E-state index in [1.54, 1.807) is 10.9 Å². The summed E-state index contributed by atoms with van der Waals surface area (Å²) >= 11 is 1.81. The number of piperidine rings is 1. The maximum atomic E-state index is 11.5. The number of aromatic nitrogens is 4. The van der Waals surface area contributed by atoms with Crippen molar-refractivity contribution in [2.24, 2.45) is 0 Å². The number of carbonyl (C=O) groups excluding carboxylic acids is 1. The number of hydrogen-bond acceptors (Lipinski definition) is 7. The Hall–Kier alpha value is -1.80. The number of nitrogens with zero attached hydrogens (tertiary/aromatic N) is 5. The lowest BCUT2D eigenvalue weighted by molar-refractivity contribution is 0.0594. The average molecular weight is 347 g/mol. The van der Waals surface area contributed by atoms with Crippen LogP contribution in [0.4, 0.5) is 0 Å². The zero-order valence-electron chi connectivity index (χ0n) is 13.7. The summed E-state index contributed by atoms with van der Waals surface area (Å²) in [7, 11) is 1.35. The Morgan fingerprint density at radius 3 is 2.83 bits per heavy atom. The Kier molecular flexibility index (Phi) is 4.32. The number of hydrogen-bond donors (Lipinski definition) is 0. The Bertz CT molecular complexity index is 716. The van der Waals surface area contributed by atoms with E-state index >= 15 is 0 Å². The molecular formula is C16H21N5O2S. The molecule has 1 aliphatic carbocycles. The molecule has 2 aromatic rings. The van der Waals surface area contributed by atoms with Gasteiger partial charge in [0.1, 0.15) is 0 Å². The summed E-state index contributed by atoms with van der Waals surface area (Å²) in [5, 5.41) is 11.5. The topological polar surface area (TPSA) is 73.1 Å². The van der Waals surface area contributed by atoms with Crippen LogP contribution in [0, 0.1) is 0 Å². The van der Waals surface area contributed by atoms with E-state index in [2.05, 4.69) is 25.3 Å². The summed E-state index contributed by atoms with van der Waals surface area (Å²) in [5.41, 5.74) is 1.48. The Morgan fingerprint density at radius 1 is 1.33 bits per heavy atom. The first-order valence-corrected chi connectivity index (χ1v) is 9.27. The highest BCUT2D eigenvalue weighted by Crippen LogP contribution is 2.41. The fourth-order valence-corrected chi connectivity index (χ4v) is 4.12. The fraction of sp³-hybridized carbons (Fsp3) is 0.625. The molecule has 4 rings (SSSR count). The van der Waals surface area contributed by atoms with E-state index in [1.807, 2.05) is 11.3 Å². The first-order chi connectivity index (χ1) is 11.7. The molecule has 2 aliphatic rings. The van der Waals surface area contributed by atoms with Gasteiger partial charge in [0.15, 0.2) is 5.69 Å². The first-order valence-electron chi connectivity index (χ1n) is 8.39. The molecule has 3 heterocycles. The number of ether oxygens (including phenoxy) is 1. The second kappa shape index (κ2) is 6.60. The Labute approximate surface area is 144 Å². The quantitative estimate of drug-likeness (QED) is 0.772. The largest absolute Gasteiger partial charge is 0.464 e. The molecule has 0 bridgehead atoms. The fourth-order valence-electron chi connectivity index (χ4n) is 3.14. The molecule has 0 spiro atoms. The van der Waals surface area contributed by atoms with Crippen molar-refractivity contribution in [2.75, 3.05) is 20.2 Å². The standard InChI is InChI=1S/C16H21N5O2S/c1-23-16(22)14-9-21(19-18-14)13-4-6-20(7-5-13)8-12-10-24-15(17-12)11-2-3-11/h9-11,13H,2-8H2,1H3. The highest BCUT2D eigenvalue weighted by molar-refractivity contribution is 7.09. The van der Waals surface area contributed by atoms with Crippen molar-refractivity contribution in [3.8, 4) is 0 Å². The van der Waals surface area contributed by atoms with E-state index in [4.69, 9.17) is 4.98 Å². The van der Waals surface area contributed by atoms with E-state index in [-0.39, 0.29) is 5.69 Å². The lowest BCUT2D eigenvalue weighted by atomic mass is 10.1. The number of rotatable bonds is 5. The average Bonchev–Trinajstić information content (AvgIpc) is 3.16. The van der Waals surface area contributed by atoms with Crippen molar-refractivity contribution in [1.29, 1.82) is 0 Å². The third-order valence-corrected chi connectivity index (χ3v) is 5.77. The van der Waals surface area contributed by atoms with Gasteiger partial charge in [0.05, 0.1) is 30.1 Å². The number of carbonyl (C=O) groups is 1. The monoisotopic (exact) mass is 347 g/mol. The minimum atomic E-state index is -0.436. The van der Waals surface area contributed by atoms with E-state index < -0.39 is 5.97 Å². The summed E-state index contributed by atoms with van der Waals surface area (Å²) in [6.45, 7) is 2.95. The molecule has 0 atom stereocenters. The molecule has 0 radical (unpaired) electrons. The Morgan fingerprint density at radius 2 is 2.12 bits per heavy atom. The van der Waals surface area contributed by atoms with Crippen molar-refractivity contribution in [3.05, 3.63) is 28.0 Å². The highest BCUT2D eigenvalue weighted by atomic mass is 32.1. The predicted molar refractivity (Wildman–Crippen MR) is 89.0 cm³/mol. The van der Waals surface area contributed by atoms with Gasteiger partial charge in [-0.05, 0) is 25.7 Å². The number of thiazole rings is 1. The summed E-state index contributed by atoms with van der Waals surface area (Å²) in [5.74, 6) is 0.305. The summed E-state index contributed by atoms with van der Waals surface area (Å²) in [6, 6.07) is 0.296. The van der Waals surface area contributed by atoms with Gasteiger partial charge in [-0.3, -0.25) is 4.90 Å². The molecule has 8 heteroatoms. The Balaban J connectivity index is 1.31. The molecule has 1 saturated heterocycles. The molecule has 0 N–H and O–H groups in total. The van der Waals surface area contributed by atoms with Crippen molar-refractivity contribution in [2.45, 2.75) is 44.2 Å². The van der Waals surface area contributed by atoms with Gasteiger partial charge in [0.25, 0.3) is 0 Å². The van der Waals surface area contributed by atoms with E-state index in [0.717, 1.165) is 38.4 Å². The van der Waals surface area contributed by atoms with Crippen LogP contribution >= 0.6 is 11.3 Å². The second-order valence-corrected chi connectivity index (χ2v) is 7.42. The molecular weight excluding hydrogens is 326 g/mol. The number of esters is 1. The molecule has 2 fully saturated rings. The maximum Gasteiger partial charge on any atom is 0.360 e. The van der Waals surface area contributed by atoms with Crippen LogP contribution in [-0.4, -0.2) is 51.0 Å². The van der Waals surface area contributed by atoms with Gasteiger partial charge in [-0.25, -0.2) is 14.5 Å². The van der Waals surface area contributed by atoms with Crippen LogP contribution in [0.3, 0.4) is 0 Å². The molecule has 2 aromatic heterocycles. The summed E-state index contributed by atoms with van der Waals surface area (Å²) in [4.78, 5) is 18.7.